The van der Waals surface area contributed by atoms with Gasteiger partial charge in [-0.25, -0.2) is 4.98 Å². The zero-order valence-electron chi connectivity index (χ0n) is 16.3. The summed E-state index contributed by atoms with van der Waals surface area (Å²) in [6.45, 7) is 0.522. The number of nitrogens with zero attached hydrogens (tertiary/aromatic N) is 2. The van der Waals surface area contributed by atoms with Crippen LogP contribution in [0.3, 0.4) is 0 Å². The maximum atomic E-state index is 12.9. The first-order valence-electron chi connectivity index (χ1n) is 9.96. The highest BCUT2D eigenvalue weighted by Crippen LogP contribution is 2.32. The van der Waals surface area contributed by atoms with E-state index in [0.29, 0.717) is 30.9 Å². The fourth-order valence-electron chi connectivity index (χ4n) is 3.80. The molecule has 5 heteroatoms. The van der Waals surface area contributed by atoms with Gasteiger partial charge in [-0.05, 0) is 53.8 Å². The molecule has 0 saturated carbocycles. The van der Waals surface area contributed by atoms with E-state index >= 15 is 0 Å². The van der Waals surface area contributed by atoms with Gasteiger partial charge >= 0.3 is 0 Å². The molecule has 2 heterocycles. The van der Waals surface area contributed by atoms with E-state index in [1.165, 1.54) is 5.56 Å². The van der Waals surface area contributed by atoms with E-state index in [-0.39, 0.29) is 17.6 Å². The van der Waals surface area contributed by atoms with Gasteiger partial charge in [0.1, 0.15) is 18.1 Å². The molecule has 0 fully saturated rings. The number of fused-ring (bicyclic) bond motifs is 1. The molecule has 5 nitrogen and oxygen atoms in total. The zero-order chi connectivity index (χ0) is 20.3. The van der Waals surface area contributed by atoms with Gasteiger partial charge in [-0.15, -0.1) is 0 Å². The number of ketones is 1. The number of hydrogen-bond acceptors (Lipinski definition) is 5. The Kier molecular flexibility index (Phi) is 4.85. The van der Waals surface area contributed by atoms with Crippen molar-refractivity contribution in [2.75, 3.05) is 0 Å². The van der Waals surface area contributed by atoms with Crippen molar-refractivity contribution in [2.24, 2.45) is 5.92 Å². The summed E-state index contributed by atoms with van der Waals surface area (Å²) in [5, 5.41) is 0. The summed E-state index contributed by atoms with van der Waals surface area (Å²) in [6.07, 6.45) is 4.60. The Balaban J connectivity index is 1.26. The topological polar surface area (TPSA) is 65.2 Å². The molecular formula is C25H20N2O3. The Hall–Kier alpha value is -3.73. The van der Waals surface area contributed by atoms with Gasteiger partial charge in [-0.3, -0.25) is 9.78 Å². The highest BCUT2D eigenvalue weighted by molar-refractivity contribution is 5.94. The summed E-state index contributed by atoms with van der Waals surface area (Å²) in [6, 6.07) is 21.7. The van der Waals surface area contributed by atoms with E-state index in [1.54, 1.807) is 12.4 Å². The molecule has 2 aromatic carbocycles. The van der Waals surface area contributed by atoms with Crippen LogP contribution >= 0.6 is 0 Å². The van der Waals surface area contributed by atoms with Crippen LogP contribution in [-0.2, 0) is 19.4 Å². The van der Waals surface area contributed by atoms with E-state index in [2.05, 4.69) is 16.0 Å². The van der Waals surface area contributed by atoms with Crippen molar-refractivity contribution in [1.29, 1.82) is 0 Å². The van der Waals surface area contributed by atoms with E-state index in [9.17, 15) is 4.79 Å². The van der Waals surface area contributed by atoms with Crippen molar-refractivity contribution in [2.45, 2.75) is 19.4 Å². The van der Waals surface area contributed by atoms with Gasteiger partial charge in [-0.1, -0.05) is 42.5 Å². The molecule has 0 spiro atoms. The molecular weight excluding hydrogens is 376 g/mol. The van der Waals surface area contributed by atoms with Crippen LogP contribution in [0.5, 0.6) is 5.75 Å². The van der Waals surface area contributed by atoms with Crippen molar-refractivity contribution in [3.63, 3.8) is 0 Å². The summed E-state index contributed by atoms with van der Waals surface area (Å²) in [7, 11) is 0. The number of carbonyl (C=O) groups is 1. The number of Topliss-reactive ketones (excluding diaryl/α,β-unsaturated/α-hetero) is 1. The van der Waals surface area contributed by atoms with Gasteiger partial charge < -0.3 is 9.15 Å². The Labute approximate surface area is 174 Å². The Morgan fingerprint density at radius 2 is 1.80 bits per heavy atom. The van der Waals surface area contributed by atoms with Crippen LogP contribution in [0.2, 0.25) is 0 Å². The standard InChI is InChI=1S/C25H20N2O3/c28-24(25-27-15-23(30-25)22-8-4-5-11-26-22)20-12-18-9-10-21(14-19(18)13-20)29-16-17-6-2-1-3-7-17/h1-11,14-15,20H,12-13,16H2/t20-/m1/s1. The van der Waals surface area contributed by atoms with E-state index < -0.39 is 0 Å². The number of aromatic nitrogens is 2. The average molecular weight is 396 g/mol. The Bertz CT molecular complexity index is 1170. The minimum Gasteiger partial charge on any atom is -0.489 e. The average Bonchev–Trinajstić information content (AvgIpc) is 3.46. The van der Waals surface area contributed by atoms with E-state index in [0.717, 1.165) is 16.9 Å². The molecule has 148 valence electrons. The molecule has 30 heavy (non-hydrogen) atoms. The zero-order valence-corrected chi connectivity index (χ0v) is 16.3. The summed E-state index contributed by atoms with van der Waals surface area (Å²) in [4.78, 5) is 21.4. The van der Waals surface area contributed by atoms with Gasteiger partial charge in [0.25, 0.3) is 5.89 Å². The van der Waals surface area contributed by atoms with Gasteiger partial charge in [0.2, 0.25) is 5.78 Å². The number of benzene rings is 2. The highest BCUT2D eigenvalue weighted by atomic mass is 16.5. The number of pyridine rings is 1. The smallest absolute Gasteiger partial charge is 0.264 e. The molecule has 1 atom stereocenters. The molecule has 0 N–H and O–H groups in total. The number of rotatable bonds is 6. The minimum atomic E-state index is -0.167. The van der Waals surface area contributed by atoms with Crippen molar-refractivity contribution < 1.29 is 13.9 Å². The second kappa shape index (κ2) is 7.95. The molecule has 1 aliphatic rings. The minimum absolute atomic E-state index is 0.0693. The molecule has 5 rings (SSSR count). The van der Waals surface area contributed by atoms with Crippen LogP contribution in [0, 0.1) is 5.92 Å². The fraction of sp³-hybridized carbons (Fsp3) is 0.160. The molecule has 1 aliphatic carbocycles. The normalized spacial score (nSPS) is 15.0. The summed E-state index contributed by atoms with van der Waals surface area (Å²) < 4.78 is 11.6. The van der Waals surface area contributed by atoms with Crippen LogP contribution in [0.25, 0.3) is 11.5 Å². The summed E-state index contributed by atoms with van der Waals surface area (Å²) in [5.74, 6) is 1.24. The highest BCUT2D eigenvalue weighted by Gasteiger charge is 2.31. The maximum Gasteiger partial charge on any atom is 0.264 e. The van der Waals surface area contributed by atoms with Crippen LogP contribution < -0.4 is 4.74 Å². The number of ether oxygens (including phenoxy) is 1. The van der Waals surface area contributed by atoms with Crippen molar-refractivity contribution in [3.8, 4) is 17.2 Å². The third-order valence-electron chi connectivity index (χ3n) is 5.36. The Morgan fingerprint density at radius 3 is 2.63 bits per heavy atom. The molecule has 0 radical (unpaired) electrons. The third kappa shape index (κ3) is 3.74. The van der Waals surface area contributed by atoms with Crippen LogP contribution in [0.1, 0.15) is 27.4 Å². The van der Waals surface area contributed by atoms with E-state index in [1.807, 2.05) is 60.7 Å². The lowest BCUT2D eigenvalue weighted by Crippen LogP contribution is -2.15. The van der Waals surface area contributed by atoms with Gasteiger partial charge in [0, 0.05) is 12.1 Å². The molecule has 2 aromatic heterocycles. The first-order valence-corrected chi connectivity index (χ1v) is 9.96. The predicted molar refractivity (Wildman–Crippen MR) is 112 cm³/mol. The Morgan fingerprint density at radius 1 is 0.967 bits per heavy atom. The number of hydrogen-bond donors (Lipinski definition) is 0. The van der Waals surface area contributed by atoms with Crippen molar-refractivity contribution in [1.82, 2.24) is 9.97 Å². The number of oxazole rings is 1. The molecule has 4 aromatic rings. The molecule has 0 amide bonds. The van der Waals surface area contributed by atoms with Crippen molar-refractivity contribution >= 4 is 5.78 Å². The molecule has 0 aliphatic heterocycles. The second-order valence-corrected chi connectivity index (χ2v) is 7.42. The first-order chi connectivity index (χ1) is 14.8. The lowest BCUT2D eigenvalue weighted by molar-refractivity contribution is 0.0890. The quantitative estimate of drug-likeness (QED) is 0.433. The largest absolute Gasteiger partial charge is 0.489 e. The van der Waals surface area contributed by atoms with Gasteiger partial charge in [0.15, 0.2) is 5.76 Å². The summed E-state index contributed by atoms with van der Waals surface area (Å²) >= 11 is 0. The fourth-order valence-corrected chi connectivity index (χ4v) is 3.80. The summed E-state index contributed by atoms with van der Waals surface area (Å²) in [5.41, 5.74) is 4.12. The maximum absolute atomic E-state index is 12.9. The second-order valence-electron chi connectivity index (χ2n) is 7.42. The van der Waals surface area contributed by atoms with E-state index in [4.69, 9.17) is 9.15 Å². The molecule has 0 bridgehead atoms. The van der Waals surface area contributed by atoms with Crippen LogP contribution in [-0.4, -0.2) is 15.8 Å². The van der Waals surface area contributed by atoms with Crippen molar-refractivity contribution in [3.05, 3.63) is 102 Å². The third-order valence-corrected chi connectivity index (χ3v) is 5.36. The lowest BCUT2D eigenvalue weighted by atomic mass is 10.0. The predicted octanol–water partition coefficient (Wildman–Crippen LogP) is 4.91. The first kappa shape index (κ1) is 18.3. The monoisotopic (exact) mass is 396 g/mol. The molecule has 0 unspecified atom stereocenters. The van der Waals surface area contributed by atoms with Crippen LogP contribution in [0.4, 0.5) is 0 Å². The van der Waals surface area contributed by atoms with Crippen LogP contribution in [0.15, 0.2) is 83.5 Å². The molecule has 0 saturated heterocycles. The SMILES string of the molecule is O=C(c1ncc(-c2ccccn2)o1)[C@@H]1Cc2ccc(OCc3ccccc3)cc2C1. The van der Waals surface area contributed by atoms with Gasteiger partial charge in [0.05, 0.1) is 6.20 Å². The number of carbonyl (C=O) groups excluding carboxylic acids is 1. The lowest BCUT2D eigenvalue weighted by Gasteiger charge is -2.08. The van der Waals surface area contributed by atoms with Gasteiger partial charge in [-0.2, -0.15) is 0 Å².